The quantitative estimate of drug-likeness (QED) is 0.369. The Morgan fingerprint density at radius 2 is 1.94 bits per heavy atom. The lowest BCUT2D eigenvalue weighted by Crippen LogP contribution is -2.33. The molecule has 3 heterocycles. The van der Waals surface area contributed by atoms with Crippen LogP contribution in [0.3, 0.4) is 0 Å². The number of Topliss-reactive ketones (excluding diaryl/α,β-unsaturated/α-hetero) is 1. The van der Waals surface area contributed by atoms with Crippen molar-refractivity contribution in [2.24, 2.45) is 0 Å². The summed E-state index contributed by atoms with van der Waals surface area (Å²) in [6, 6.07) is 8.20. The zero-order valence-electron chi connectivity index (χ0n) is 19.8. The first-order valence-corrected chi connectivity index (χ1v) is 11.7. The lowest BCUT2D eigenvalue weighted by atomic mass is 9.97. The third-order valence-electron chi connectivity index (χ3n) is 6.51. The maximum Gasteiger partial charge on any atom is 0.295 e. The third-order valence-corrected chi connectivity index (χ3v) is 6.51. The summed E-state index contributed by atoms with van der Waals surface area (Å²) in [4.78, 5) is 30.0. The van der Waals surface area contributed by atoms with Crippen molar-refractivity contribution in [1.82, 2.24) is 9.80 Å². The number of furan rings is 1. The molecule has 1 fully saturated rings. The van der Waals surface area contributed by atoms with Crippen molar-refractivity contribution in [2.75, 3.05) is 26.2 Å². The highest BCUT2D eigenvalue weighted by Gasteiger charge is 2.47. The summed E-state index contributed by atoms with van der Waals surface area (Å²) in [5.74, 6) is 0.486. The van der Waals surface area contributed by atoms with Gasteiger partial charge in [-0.05, 0) is 75.8 Å². The highest BCUT2D eigenvalue weighted by Crippen LogP contribution is 2.41. The number of ketones is 1. The van der Waals surface area contributed by atoms with E-state index in [1.165, 1.54) is 4.90 Å². The van der Waals surface area contributed by atoms with Crippen molar-refractivity contribution in [1.29, 1.82) is 0 Å². The molecule has 1 aromatic carbocycles. The van der Waals surface area contributed by atoms with Crippen LogP contribution in [0.25, 0.3) is 5.76 Å². The Hall–Kier alpha value is -3.06. The van der Waals surface area contributed by atoms with Gasteiger partial charge in [0.1, 0.15) is 35.2 Å². The van der Waals surface area contributed by atoms with E-state index < -0.39 is 17.7 Å². The number of hydrogen-bond donors (Lipinski definition) is 1. The summed E-state index contributed by atoms with van der Waals surface area (Å²) in [6.07, 6.45) is 1.52. The van der Waals surface area contributed by atoms with Crippen LogP contribution in [0.2, 0.25) is 0 Å². The van der Waals surface area contributed by atoms with Crippen LogP contribution in [-0.4, -0.2) is 58.9 Å². The number of likely N-dealkylation sites (tertiary alicyclic amines) is 1. The van der Waals surface area contributed by atoms with Crippen LogP contribution in [0.1, 0.15) is 55.9 Å². The summed E-state index contributed by atoms with van der Waals surface area (Å²) in [7, 11) is 0. The molecule has 4 rings (SSSR count). The minimum atomic E-state index is -0.751. The maximum absolute atomic E-state index is 13.1. The summed E-state index contributed by atoms with van der Waals surface area (Å²) in [5.41, 5.74) is 1.55. The van der Waals surface area contributed by atoms with E-state index >= 15 is 0 Å². The van der Waals surface area contributed by atoms with E-state index in [0.717, 1.165) is 43.8 Å². The third kappa shape index (κ3) is 4.42. The molecule has 2 aromatic rings. The molecule has 0 bridgehead atoms. The molecule has 0 saturated carbocycles. The van der Waals surface area contributed by atoms with Crippen molar-refractivity contribution in [3.8, 4) is 5.75 Å². The molecular weight excluding hydrogens is 420 g/mol. The Kier molecular flexibility index (Phi) is 6.61. The normalized spacial score (nSPS) is 21.7. The topological polar surface area (TPSA) is 83.2 Å². The van der Waals surface area contributed by atoms with E-state index in [1.807, 2.05) is 19.9 Å². The molecule has 0 aliphatic carbocycles. The number of carbonyl (C=O) groups excluding carboxylic acids is 2. The van der Waals surface area contributed by atoms with E-state index in [0.29, 0.717) is 23.6 Å². The van der Waals surface area contributed by atoms with Crippen LogP contribution in [0, 0.1) is 6.92 Å². The van der Waals surface area contributed by atoms with E-state index in [9.17, 15) is 14.7 Å². The first kappa shape index (κ1) is 23.1. The number of rotatable bonds is 8. The summed E-state index contributed by atoms with van der Waals surface area (Å²) >= 11 is 0. The predicted octanol–water partition coefficient (Wildman–Crippen LogP) is 4.07. The number of fused-ring (bicyclic) bond motifs is 1. The highest BCUT2D eigenvalue weighted by atomic mass is 16.5. The number of aliphatic hydroxyl groups excluding tert-OH is 1. The number of nitrogens with zero attached hydrogens (tertiary/aromatic N) is 2. The fourth-order valence-corrected chi connectivity index (χ4v) is 4.74. The van der Waals surface area contributed by atoms with Gasteiger partial charge in [-0.1, -0.05) is 13.8 Å². The van der Waals surface area contributed by atoms with Crippen molar-refractivity contribution < 1.29 is 23.8 Å². The van der Waals surface area contributed by atoms with Crippen molar-refractivity contribution in [2.45, 2.75) is 52.7 Å². The minimum absolute atomic E-state index is 0.0693. The van der Waals surface area contributed by atoms with Crippen LogP contribution in [0.4, 0.5) is 0 Å². The zero-order valence-corrected chi connectivity index (χ0v) is 19.8. The van der Waals surface area contributed by atoms with Gasteiger partial charge < -0.3 is 24.1 Å². The number of ether oxygens (including phenoxy) is 1. The molecule has 1 amide bonds. The van der Waals surface area contributed by atoms with E-state index in [4.69, 9.17) is 9.15 Å². The van der Waals surface area contributed by atoms with E-state index in [-0.39, 0.29) is 17.4 Å². The van der Waals surface area contributed by atoms with Gasteiger partial charge in [0.15, 0.2) is 0 Å². The Bertz CT molecular complexity index is 1080. The lowest BCUT2D eigenvalue weighted by Gasteiger charge is -2.25. The van der Waals surface area contributed by atoms with Crippen molar-refractivity contribution in [3.05, 3.63) is 58.6 Å². The van der Waals surface area contributed by atoms with Crippen LogP contribution >= 0.6 is 0 Å². The molecular formula is C26H32N2O5. The minimum Gasteiger partial charge on any atom is -0.507 e. The molecule has 2 aliphatic heterocycles. The van der Waals surface area contributed by atoms with Crippen LogP contribution < -0.4 is 4.74 Å². The monoisotopic (exact) mass is 452 g/mol. The molecule has 7 nitrogen and oxygen atoms in total. The Labute approximate surface area is 194 Å². The molecule has 1 saturated heterocycles. The largest absolute Gasteiger partial charge is 0.507 e. The smallest absolute Gasteiger partial charge is 0.295 e. The summed E-state index contributed by atoms with van der Waals surface area (Å²) < 4.78 is 11.6. The average molecular weight is 453 g/mol. The average Bonchev–Trinajstić information content (AvgIpc) is 3.46. The Balaban J connectivity index is 1.70. The fourth-order valence-electron chi connectivity index (χ4n) is 4.74. The summed E-state index contributed by atoms with van der Waals surface area (Å²) in [6.45, 7) is 11.1. The van der Waals surface area contributed by atoms with Gasteiger partial charge >= 0.3 is 0 Å². The maximum atomic E-state index is 13.1. The second kappa shape index (κ2) is 9.43. The predicted molar refractivity (Wildman–Crippen MR) is 125 cm³/mol. The second-order valence-electron chi connectivity index (χ2n) is 8.78. The first-order valence-electron chi connectivity index (χ1n) is 11.7. The molecule has 0 unspecified atom stereocenters. The van der Waals surface area contributed by atoms with Gasteiger partial charge in [-0.2, -0.15) is 0 Å². The molecule has 2 atom stereocenters. The van der Waals surface area contributed by atoms with Gasteiger partial charge in [0.2, 0.25) is 0 Å². The van der Waals surface area contributed by atoms with Gasteiger partial charge in [0.05, 0.1) is 5.57 Å². The lowest BCUT2D eigenvalue weighted by molar-refractivity contribution is -0.140. The standard InChI is InChI=1S/C26H32N2O5/c1-5-27(6-2)12-7-13-28-23(21-10-8-16(3)32-21)22(25(30)26(28)31)24(29)18-9-11-20-19(15-18)14-17(4)33-20/h8-11,15,17,23,29H,5-7,12-14H2,1-4H3/t17-,23-/m0/s1. The van der Waals surface area contributed by atoms with Gasteiger partial charge in [-0.25, -0.2) is 0 Å². The van der Waals surface area contributed by atoms with E-state index in [1.54, 1.807) is 24.3 Å². The van der Waals surface area contributed by atoms with Gasteiger partial charge in [0.25, 0.3) is 11.7 Å². The molecule has 33 heavy (non-hydrogen) atoms. The number of amides is 1. The van der Waals surface area contributed by atoms with Crippen LogP contribution in [0.5, 0.6) is 5.75 Å². The highest BCUT2D eigenvalue weighted by molar-refractivity contribution is 6.46. The molecule has 0 radical (unpaired) electrons. The number of aliphatic hydroxyl groups is 1. The number of carbonyl (C=O) groups is 2. The second-order valence-corrected chi connectivity index (χ2v) is 8.78. The number of hydrogen-bond acceptors (Lipinski definition) is 6. The molecule has 7 heteroatoms. The SMILES string of the molecule is CCN(CC)CCCN1C(=O)C(=O)C(=C(O)c2ccc3c(c2)C[C@H](C)O3)[C@@H]1c1ccc(C)o1. The van der Waals surface area contributed by atoms with Gasteiger partial charge in [0, 0.05) is 18.5 Å². The first-order chi connectivity index (χ1) is 15.8. The molecule has 1 aromatic heterocycles. The van der Waals surface area contributed by atoms with Crippen molar-refractivity contribution >= 4 is 17.4 Å². The Morgan fingerprint density at radius 1 is 1.18 bits per heavy atom. The zero-order chi connectivity index (χ0) is 23.7. The van der Waals surface area contributed by atoms with Gasteiger partial charge in [-0.3, -0.25) is 9.59 Å². The van der Waals surface area contributed by atoms with Crippen molar-refractivity contribution in [3.63, 3.8) is 0 Å². The Morgan fingerprint density at radius 3 is 2.61 bits per heavy atom. The van der Waals surface area contributed by atoms with Crippen LogP contribution in [0.15, 0.2) is 40.3 Å². The fraction of sp³-hybridized carbons (Fsp3) is 0.462. The van der Waals surface area contributed by atoms with Gasteiger partial charge in [-0.15, -0.1) is 0 Å². The molecule has 1 N–H and O–H groups in total. The molecule has 176 valence electrons. The van der Waals surface area contributed by atoms with Crippen LogP contribution in [-0.2, 0) is 16.0 Å². The number of aryl methyl sites for hydroxylation is 1. The van der Waals surface area contributed by atoms with E-state index in [2.05, 4.69) is 18.7 Å². The molecule has 2 aliphatic rings. The summed E-state index contributed by atoms with van der Waals surface area (Å²) in [5, 5.41) is 11.2. The molecule has 0 spiro atoms. The number of benzene rings is 1.